The van der Waals surface area contributed by atoms with Crippen molar-refractivity contribution in [3.63, 3.8) is 0 Å². The molecule has 2 N–H and O–H groups in total. The second-order valence-corrected chi connectivity index (χ2v) is 6.83. The highest BCUT2D eigenvalue weighted by Crippen LogP contribution is 2.40. The van der Waals surface area contributed by atoms with Gasteiger partial charge < -0.3 is 15.2 Å². The molecule has 0 aliphatic carbocycles. The van der Waals surface area contributed by atoms with Crippen LogP contribution in [0.2, 0.25) is 0 Å². The summed E-state index contributed by atoms with van der Waals surface area (Å²) >= 11 is 0. The highest BCUT2D eigenvalue weighted by Gasteiger charge is 2.43. The Labute approximate surface area is 157 Å². The molecule has 1 amide bonds. The van der Waals surface area contributed by atoms with E-state index in [1.165, 1.54) is 6.92 Å². The number of benzene rings is 1. The van der Waals surface area contributed by atoms with E-state index in [1.807, 2.05) is 0 Å². The number of nitrogens with one attached hydrogen (secondary N) is 1. The standard InChI is InChI=1S/C20H20N4O3/c1-12(25)23-19(15-6-4-5-9-22-15)24-17-14-10-13(11-21)7-8-16(14)27-20(2,3)18(17)26/h4-10,17-18,26H,1-3H3,(H,23,24,25)/t17-,18+/m1/s1. The molecule has 2 heterocycles. The van der Waals surface area contributed by atoms with Crippen LogP contribution in [0.15, 0.2) is 47.6 Å². The molecule has 27 heavy (non-hydrogen) atoms. The number of hydrogen-bond donors (Lipinski definition) is 2. The van der Waals surface area contributed by atoms with Gasteiger partial charge in [-0.15, -0.1) is 0 Å². The smallest absolute Gasteiger partial charge is 0.244 e. The molecule has 7 heteroatoms. The zero-order chi connectivity index (χ0) is 19.6. The van der Waals surface area contributed by atoms with Gasteiger partial charge in [-0.25, -0.2) is 0 Å². The fourth-order valence-electron chi connectivity index (χ4n) is 3.00. The highest BCUT2D eigenvalue weighted by atomic mass is 16.5. The lowest BCUT2D eigenvalue weighted by molar-refractivity contribution is -0.115. The molecule has 138 valence electrons. The van der Waals surface area contributed by atoms with E-state index in [1.54, 1.807) is 56.4 Å². The average Bonchev–Trinajstić information content (AvgIpc) is 2.64. The molecule has 0 spiro atoms. The van der Waals surface area contributed by atoms with Gasteiger partial charge in [-0.1, -0.05) is 6.07 Å². The molecule has 3 rings (SSSR count). The van der Waals surface area contributed by atoms with Gasteiger partial charge in [-0.3, -0.25) is 9.78 Å². The lowest BCUT2D eigenvalue weighted by Gasteiger charge is -2.42. The van der Waals surface area contributed by atoms with Crippen molar-refractivity contribution in [3.05, 3.63) is 59.4 Å². The third-order valence-corrected chi connectivity index (χ3v) is 4.34. The first-order valence-electron chi connectivity index (χ1n) is 8.50. The number of carbonyl (C=O) groups is 1. The van der Waals surface area contributed by atoms with Crippen LogP contribution in [0.4, 0.5) is 0 Å². The van der Waals surface area contributed by atoms with E-state index in [4.69, 9.17) is 4.74 Å². The van der Waals surface area contributed by atoms with E-state index in [0.29, 0.717) is 22.6 Å². The Morgan fingerprint density at radius 2 is 2.15 bits per heavy atom. The number of ether oxygens (including phenoxy) is 1. The molecule has 0 saturated carbocycles. The van der Waals surface area contributed by atoms with Gasteiger partial charge in [0.15, 0.2) is 5.84 Å². The Morgan fingerprint density at radius 3 is 2.78 bits per heavy atom. The number of fused-ring (bicyclic) bond motifs is 1. The Balaban J connectivity index is 2.08. The summed E-state index contributed by atoms with van der Waals surface area (Å²) < 4.78 is 5.91. The van der Waals surface area contributed by atoms with Crippen LogP contribution < -0.4 is 10.1 Å². The number of rotatable bonds is 2. The summed E-state index contributed by atoms with van der Waals surface area (Å²) in [6, 6.07) is 11.7. The molecule has 1 aromatic heterocycles. The van der Waals surface area contributed by atoms with Gasteiger partial charge in [-0.2, -0.15) is 10.3 Å². The van der Waals surface area contributed by atoms with Crippen molar-refractivity contribution in [1.82, 2.24) is 10.3 Å². The van der Waals surface area contributed by atoms with Crippen LogP contribution in [0.1, 0.15) is 43.6 Å². The zero-order valence-electron chi connectivity index (χ0n) is 15.3. The van der Waals surface area contributed by atoms with E-state index < -0.39 is 23.7 Å². The van der Waals surface area contributed by atoms with Gasteiger partial charge >= 0.3 is 0 Å². The van der Waals surface area contributed by atoms with E-state index >= 15 is 0 Å². The summed E-state index contributed by atoms with van der Waals surface area (Å²) in [6.07, 6.45) is 0.637. The van der Waals surface area contributed by atoms with Gasteiger partial charge in [0.25, 0.3) is 0 Å². The molecule has 2 aromatic rings. The van der Waals surface area contributed by atoms with Crippen LogP contribution in [-0.2, 0) is 4.79 Å². The highest BCUT2D eigenvalue weighted by molar-refractivity contribution is 6.03. The third-order valence-electron chi connectivity index (χ3n) is 4.34. The summed E-state index contributed by atoms with van der Waals surface area (Å²) in [5.74, 6) is 0.415. The quantitative estimate of drug-likeness (QED) is 0.624. The second-order valence-electron chi connectivity index (χ2n) is 6.83. The Bertz CT molecular complexity index is 932. The SMILES string of the molecule is CC(=O)N=C(N[C@@H]1c2cc(C#N)ccc2OC(C)(C)[C@H]1O)c1ccccn1. The van der Waals surface area contributed by atoms with Crippen LogP contribution in [0.3, 0.4) is 0 Å². The average molecular weight is 364 g/mol. The van der Waals surface area contributed by atoms with E-state index in [0.717, 1.165) is 0 Å². The molecular formula is C20H20N4O3. The van der Waals surface area contributed by atoms with Crippen LogP contribution >= 0.6 is 0 Å². The van der Waals surface area contributed by atoms with Crippen molar-refractivity contribution in [3.8, 4) is 11.8 Å². The monoisotopic (exact) mass is 364 g/mol. The normalized spacial score (nSPS) is 20.8. The van der Waals surface area contributed by atoms with Crippen LogP contribution in [0.25, 0.3) is 0 Å². The number of pyridine rings is 1. The largest absolute Gasteiger partial charge is 0.485 e. The van der Waals surface area contributed by atoms with Crippen LogP contribution in [-0.4, -0.2) is 33.5 Å². The topological polar surface area (TPSA) is 108 Å². The number of amides is 1. The van der Waals surface area contributed by atoms with Gasteiger partial charge in [0.05, 0.1) is 17.7 Å². The maximum absolute atomic E-state index is 11.6. The van der Waals surface area contributed by atoms with Crippen molar-refractivity contribution in [1.29, 1.82) is 5.26 Å². The minimum Gasteiger partial charge on any atom is -0.485 e. The first-order chi connectivity index (χ1) is 12.8. The third kappa shape index (κ3) is 3.81. The van der Waals surface area contributed by atoms with Gasteiger partial charge in [0, 0.05) is 18.7 Å². The summed E-state index contributed by atoms with van der Waals surface area (Å²) in [6.45, 7) is 4.89. The predicted octanol–water partition coefficient (Wildman–Crippen LogP) is 2.11. The number of aromatic nitrogens is 1. The van der Waals surface area contributed by atoms with Crippen LogP contribution in [0.5, 0.6) is 5.75 Å². The number of carbonyl (C=O) groups excluding carboxylic acids is 1. The Morgan fingerprint density at radius 1 is 1.37 bits per heavy atom. The summed E-state index contributed by atoms with van der Waals surface area (Å²) in [5, 5.41) is 23.3. The van der Waals surface area contributed by atoms with Gasteiger partial charge in [-0.05, 0) is 44.2 Å². The van der Waals surface area contributed by atoms with Crippen molar-refractivity contribution in [2.75, 3.05) is 0 Å². The number of aliphatic hydroxyl groups excluding tert-OH is 1. The van der Waals surface area contributed by atoms with Crippen molar-refractivity contribution < 1.29 is 14.6 Å². The molecular weight excluding hydrogens is 344 g/mol. The van der Waals surface area contributed by atoms with Crippen molar-refractivity contribution in [2.45, 2.75) is 38.5 Å². The lowest BCUT2D eigenvalue weighted by atomic mass is 9.86. The molecule has 7 nitrogen and oxygen atoms in total. The molecule has 2 atom stereocenters. The van der Waals surface area contributed by atoms with Gasteiger partial charge in [0.2, 0.25) is 5.91 Å². The minimum absolute atomic E-state index is 0.248. The van der Waals surface area contributed by atoms with E-state index in [-0.39, 0.29) is 5.84 Å². The molecule has 0 saturated heterocycles. The second kappa shape index (κ2) is 7.17. The number of aliphatic hydroxyl groups is 1. The number of nitriles is 1. The maximum Gasteiger partial charge on any atom is 0.244 e. The summed E-state index contributed by atoms with van der Waals surface area (Å²) in [7, 11) is 0. The molecule has 0 fully saturated rings. The molecule has 1 aliphatic rings. The summed E-state index contributed by atoms with van der Waals surface area (Å²) in [4.78, 5) is 19.9. The minimum atomic E-state index is -0.959. The fourth-order valence-corrected chi connectivity index (χ4v) is 3.00. The lowest BCUT2D eigenvalue weighted by Crippen LogP contribution is -2.53. The maximum atomic E-state index is 11.6. The van der Waals surface area contributed by atoms with Crippen molar-refractivity contribution in [2.24, 2.45) is 4.99 Å². The molecule has 0 bridgehead atoms. The van der Waals surface area contributed by atoms with E-state index in [9.17, 15) is 15.2 Å². The first kappa shape index (κ1) is 18.5. The number of hydrogen-bond acceptors (Lipinski definition) is 5. The van der Waals surface area contributed by atoms with Gasteiger partial charge in [0.1, 0.15) is 23.1 Å². The molecule has 1 aliphatic heterocycles. The predicted molar refractivity (Wildman–Crippen MR) is 99.2 cm³/mol. The summed E-state index contributed by atoms with van der Waals surface area (Å²) in [5.41, 5.74) is 0.652. The molecule has 0 radical (unpaired) electrons. The molecule has 0 unspecified atom stereocenters. The zero-order valence-corrected chi connectivity index (χ0v) is 15.3. The first-order valence-corrected chi connectivity index (χ1v) is 8.50. The Kier molecular flexibility index (Phi) is 4.93. The number of nitrogens with zero attached hydrogens (tertiary/aromatic N) is 3. The number of amidine groups is 1. The number of aliphatic imine (C=N–C) groups is 1. The van der Waals surface area contributed by atoms with E-state index in [2.05, 4.69) is 21.4 Å². The molecule has 1 aromatic carbocycles. The fraction of sp³-hybridized carbons (Fsp3) is 0.300. The van der Waals surface area contributed by atoms with Crippen molar-refractivity contribution >= 4 is 11.7 Å². The van der Waals surface area contributed by atoms with Crippen LogP contribution in [0, 0.1) is 11.3 Å². The Hall–Kier alpha value is -3.24.